The van der Waals surface area contributed by atoms with E-state index in [0.29, 0.717) is 30.9 Å². The molecule has 0 amide bonds. The van der Waals surface area contributed by atoms with Gasteiger partial charge in [0, 0.05) is 22.6 Å². The van der Waals surface area contributed by atoms with Crippen LogP contribution in [0.25, 0.3) is 22.3 Å². The molecule has 0 spiro atoms. The molecule has 1 saturated heterocycles. The maximum Gasteiger partial charge on any atom is 0.201 e. The smallest absolute Gasteiger partial charge is 0.201 e. The molecule has 4 rings (SSSR count). The monoisotopic (exact) mass is 584 g/mol. The van der Waals surface area contributed by atoms with Gasteiger partial charge in [-0.1, -0.05) is 87.6 Å². The summed E-state index contributed by atoms with van der Waals surface area (Å²) in [6, 6.07) is 12.0. The summed E-state index contributed by atoms with van der Waals surface area (Å²) in [5.74, 6) is -4.02. The molecule has 1 aliphatic heterocycles. The van der Waals surface area contributed by atoms with Crippen LogP contribution in [-0.2, 0) is 9.47 Å². The normalized spacial score (nSPS) is 17.2. The lowest BCUT2D eigenvalue weighted by atomic mass is 9.98. The average molecular weight is 585 g/mol. The fraction of sp³-hybridized carbons (Fsp3) is 0.429. The number of unbranched alkanes of at least 4 members (excludes halogenated alkanes) is 5. The van der Waals surface area contributed by atoms with Crippen molar-refractivity contribution in [1.82, 2.24) is 0 Å². The van der Waals surface area contributed by atoms with Crippen LogP contribution in [0.1, 0.15) is 77.1 Å². The third kappa shape index (κ3) is 8.01. The zero-order valence-electron chi connectivity index (χ0n) is 24.4. The fourth-order valence-electron chi connectivity index (χ4n) is 5.12. The van der Waals surface area contributed by atoms with Crippen molar-refractivity contribution >= 4 is 0 Å². The molecule has 226 valence electrons. The van der Waals surface area contributed by atoms with E-state index in [9.17, 15) is 8.78 Å². The molecule has 7 heteroatoms. The van der Waals surface area contributed by atoms with Crippen molar-refractivity contribution in [3.05, 3.63) is 89.5 Å². The summed E-state index contributed by atoms with van der Waals surface area (Å²) in [5.41, 5.74) is 0.923. The van der Waals surface area contributed by atoms with Crippen molar-refractivity contribution in [2.75, 3.05) is 19.8 Å². The third-order valence-electron chi connectivity index (χ3n) is 7.62. The molecule has 0 atom stereocenters. The number of ether oxygens (including phenoxy) is 3. The Bertz CT molecular complexity index is 1310. The third-order valence-corrected chi connectivity index (χ3v) is 7.62. The first-order valence-corrected chi connectivity index (χ1v) is 15.0. The minimum absolute atomic E-state index is 0.0103. The molecule has 0 unspecified atom stereocenters. The van der Waals surface area contributed by atoms with Crippen LogP contribution in [0.15, 0.2) is 60.7 Å². The lowest BCUT2D eigenvalue weighted by Gasteiger charge is -2.29. The van der Waals surface area contributed by atoms with Crippen LogP contribution in [0.5, 0.6) is 5.75 Å². The molecule has 42 heavy (non-hydrogen) atoms. The predicted octanol–water partition coefficient (Wildman–Crippen LogP) is 10.3. The van der Waals surface area contributed by atoms with Crippen LogP contribution >= 0.6 is 0 Å². The lowest BCUT2D eigenvalue weighted by Crippen LogP contribution is -2.27. The second-order valence-electron chi connectivity index (χ2n) is 10.8. The maximum absolute atomic E-state index is 15.2. The molecular weight excluding hydrogens is 544 g/mol. The summed E-state index contributed by atoms with van der Waals surface area (Å²) >= 11 is 0. The molecule has 0 aliphatic carbocycles. The van der Waals surface area contributed by atoms with Crippen molar-refractivity contribution in [2.45, 2.75) is 71.5 Å². The van der Waals surface area contributed by atoms with Gasteiger partial charge in [-0.2, -0.15) is 4.39 Å². The number of benzene rings is 3. The highest BCUT2D eigenvalue weighted by Gasteiger charge is 2.28. The van der Waals surface area contributed by atoms with Gasteiger partial charge < -0.3 is 14.2 Å². The molecule has 0 saturated carbocycles. The van der Waals surface area contributed by atoms with E-state index >= 15 is 8.78 Å². The first kappa shape index (κ1) is 31.8. The molecule has 3 nitrogen and oxygen atoms in total. The van der Waals surface area contributed by atoms with E-state index in [-0.39, 0.29) is 28.4 Å². The van der Waals surface area contributed by atoms with Crippen LogP contribution in [0.3, 0.4) is 0 Å². The number of rotatable bonds is 14. The summed E-state index contributed by atoms with van der Waals surface area (Å²) in [6.07, 6.45) is 11.3. The van der Waals surface area contributed by atoms with Gasteiger partial charge in [-0.3, -0.25) is 0 Å². The van der Waals surface area contributed by atoms with E-state index in [2.05, 4.69) is 13.0 Å². The van der Waals surface area contributed by atoms with Gasteiger partial charge in [0.2, 0.25) is 5.82 Å². The largest absolute Gasteiger partial charge is 0.490 e. The molecule has 1 aliphatic rings. The van der Waals surface area contributed by atoms with Crippen molar-refractivity contribution in [3.8, 4) is 28.0 Å². The molecule has 1 heterocycles. The van der Waals surface area contributed by atoms with E-state index in [0.717, 1.165) is 32.1 Å². The van der Waals surface area contributed by atoms with Gasteiger partial charge in [0.15, 0.2) is 29.5 Å². The second-order valence-corrected chi connectivity index (χ2v) is 10.8. The Hall–Kier alpha value is -3.16. The van der Waals surface area contributed by atoms with Crippen molar-refractivity contribution in [1.29, 1.82) is 0 Å². The van der Waals surface area contributed by atoms with Gasteiger partial charge in [-0.15, -0.1) is 0 Å². The Morgan fingerprint density at radius 3 is 1.98 bits per heavy atom. The molecule has 0 N–H and O–H groups in total. The summed E-state index contributed by atoms with van der Waals surface area (Å²) in [7, 11) is 0. The summed E-state index contributed by atoms with van der Waals surface area (Å²) in [4.78, 5) is 0. The second kappa shape index (κ2) is 15.9. The lowest BCUT2D eigenvalue weighted by molar-refractivity contribution is -0.207. The summed E-state index contributed by atoms with van der Waals surface area (Å²) in [5, 5.41) is 0. The van der Waals surface area contributed by atoms with E-state index in [1.54, 1.807) is 24.3 Å². The average Bonchev–Trinajstić information content (AvgIpc) is 3.01. The Kier molecular flexibility index (Phi) is 12.0. The molecule has 0 bridgehead atoms. The number of allylic oxidation sites excluding steroid dienone is 2. The first-order valence-electron chi connectivity index (χ1n) is 15.0. The highest BCUT2D eigenvalue weighted by Crippen LogP contribution is 2.35. The minimum Gasteiger partial charge on any atom is -0.490 e. The Morgan fingerprint density at radius 2 is 1.33 bits per heavy atom. The van der Waals surface area contributed by atoms with Crippen LogP contribution in [0.2, 0.25) is 0 Å². The summed E-state index contributed by atoms with van der Waals surface area (Å²) < 4.78 is 76.8. The highest BCUT2D eigenvalue weighted by atomic mass is 19.2. The highest BCUT2D eigenvalue weighted by molar-refractivity contribution is 5.71. The predicted molar refractivity (Wildman–Crippen MR) is 158 cm³/mol. The van der Waals surface area contributed by atoms with Crippen LogP contribution in [-0.4, -0.2) is 19.8 Å². The van der Waals surface area contributed by atoms with Crippen molar-refractivity contribution < 1.29 is 31.8 Å². The van der Waals surface area contributed by atoms with E-state index in [4.69, 9.17) is 14.2 Å². The first-order chi connectivity index (χ1) is 20.4. The van der Waals surface area contributed by atoms with Crippen molar-refractivity contribution in [3.63, 3.8) is 0 Å². The van der Waals surface area contributed by atoms with Crippen molar-refractivity contribution in [2.24, 2.45) is 5.92 Å². The minimum atomic E-state index is -1.04. The number of hydrogen-bond acceptors (Lipinski definition) is 3. The zero-order chi connectivity index (χ0) is 29.9. The molecule has 3 aromatic rings. The maximum atomic E-state index is 15.2. The van der Waals surface area contributed by atoms with E-state index in [1.807, 2.05) is 13.0 Å². The fourth-order valence-corrected chi connectivity index (χ4v) is 5.12. The van der Waals surface area contributed by atoms with Crippen LogP contribution in [0, 0.1) is 29.2 Å². The molecule has 0 radical (unpaired) electrons. The van der Waals surface area contributed by atoms with Gasteiger partial charge in [-0.05, 0) is 49.4 Å². The Morgan fingerprint density at radius 1 is 0.738 bits per heavy atom. The summed E-state index contributed by atoms with van der Waals surface area (Å²) in [6.45, 7) is 5.27. The zero-order valence-corrected chi connectivity index (χ0v) is 24.4. The molecular formula is C35H40F4O3. The van der Waals surface area contributed by atoms with Crippen LogP contribution in [0.4, 0.5) is 17.6 Å². The number of halogens is 4. The SMILES string of the molecule is CC=CCCC1COC(c2ccc(-c3ccc(-c4ccc(OCCCCCCCC)c(F)c4F)cc3)c(F)c2F)OC1. The van der Waals surface area contributed by atoms with Gasteiger partial charge in [0.25, 0.3) is 0 Å². The van der Waals surface area contributed by atoms with Gasteiger partial charge >= 0.3 is 0 Å². The molecule has 0 aromatic heterocycles. The number of hydrogen-bond donors (Lipinski definition) is 0. The van der Waals surface area contributed by atoms with Gasteiger partial charge in [0.05, 0.1) is 19.8 Å². The Balaban J connectivity index is 1.39. The van der Waals surface area contributed by atoms with Gasteiger partial charge in [-0.25, -0.2) is 13.2 Å². The van der Waals surface area contributed by atoms with Gasteiger partial charge in [0.1, 0.15) is 0 Å². The molecule has 3 aromatic carbocycles. The van der Waals surface area contributed by atoms with E-state index < -0.39 is 29.6 Å². The molecule has 1 fully saturated rings. The standard InChI is InChI=1S/C35H40F4O3/c1-3-5-7-8-9-11-21-40-30-20-19-28(32(37)34(30)39)26-15-13-25(14-16-26)27-17-18-29(33(38)31(27)36)35-41-22-24(23-42-35)12-10-6-4-2/h4,6,13-20,24,35H,3,5,7-12,21-23H2,1-2H3. The van der Waals surface area contributed by atoms with E-state index in [1.165, 1.54) is 43.5 Å². The Labute approximate surface area is 246 Å². The topological polar surface area (TPSA) is 27.7 Å². The quantitative estimate of drug-likeness (QED) is 0.107. The van der Waals surface area contributed by atoms with Crippen LogP contribution < -0.4 is 4.74 Å².